The predicted molar refractivity (Wildman–Crippen MR) is 129 cm³/mol. The number of allylic oxidation sites excluding steroid dienone is 1. The van der Waals surface area contributed by atoms with Gasteiger partial charge in [-0.15, -0.1) is 6.58 Å². The third kappa shape index (κ3) is 5.04. The van der Waals surface area contributed by atoms with Crippen LogP contribution >= 0.6 is 0 Å². The zero-order chi connectivity index (χ0) is 26.7. The van der Waals surface area contributed by atoms with Crippen molar-refractivity contribution in [3.8, 4) is 6.07 Å². The van der Waals surface area contributed by atoms with Gasteiger partial charge < -0.3 is 4.90 Å². The van der Waals surface area contributed by atoms with Gasteiger partial charge in [0.2, 0.25) is 5.95 Å². The second-order valence-electron chi connectivity index (χ2n) is 8.24. The Bertz CT molecular complexity index is 1510. The van der Waals surface area contributed by atoms with Crippen molar-refractivity contribution in [2.45, 2.75) is 38.0 Å². The summed E-state index contributed by atoms with van der Waals surface area (Å²) in [5.74, 6) is 0.701. The van der Waals surface area contributed by atoms with Crippen LogP contribution in [0.15, 0.2) is 54.2 Å². The molecule has 13 heteroatoms. The van der Waals surface area contributed by atoms with Gasteiger partial charge in [-0.25, -0.2) is 14.6 Å². The summed E-state index contributed by atoms with van der Waals surface area (Å²) in [7, 11) is 1.73. The first-order valence-corrected chi connectivity index (χ1v) is 11.2. The van der Waals surface area contributed by atoms with Gasteiger partial charge in [0, 0.05) is 25.6 Å². The van der Waals surface area contributed by atoms with Gasteiger partial charge >= 0.3 is 6.18 Å². The Morgan fingerprint density at radius 3 is 2.59 bits per heavy atom. The van der Waals surface area contributed by atoms with Crippen LogP contribution in [0.5, 0.6) is 0 Å². The lowest BCUT2D eigenvalue weighted by atomic mass is 10.1. The van der Waals surface area contributed by atoms with Gasteiger partial charge in [-0.1, -0.05) is 12.1 Å². The van der Waals surface area contributed by atoms with Crippen LogP contribution in [0.2, 0.25) is 0 Å². The highest BCUT2D eigenvalue weighted by atomic mass is 19.4. The molecule has 10 nitrogen and oxygen atoms in total. The zero-order valence-corrected chi connectivity index (χ0v) is 19.9. The molecule has 0 aliphatic heterocycles. The molecule has 4 heterocycles. The molecule has 1 N–H and O–H groups in total. The van der Waals surface area contributed by atoms with Crippen LogP contribution in [0.25, 0.3) is 11.0 Å². The minimum absolute atomic E-state index is 0.0232. The molecule has 4 rings (SSSR count). The highest BCUT2D eigenvalue weighted by molar-refractivity contribution is 5.81. The summed E-state index contributed by atoms with van der Waals surface area (Å²) < 4.78 is 40.2. The molecule has 0 radical (unpaired) electrons. The lowest BCUT2D eigenvalue weighted by molar-refractivity contribution is -0.141. The summed E-state index contributed by atoms with van der Waals surface area (Å²) in [6.45, 7) is 5.42. The Morgan fingerprint density at radius 1 is 1.27 bits per heavy atom. The Kier molecular flexibility index (Phi) is 7.01. The molecule has 4 aromatic rings. The number of aromatic amines is 1. The number of halogens is 3. The van der Waals surface area contributed by atoms with Crippen LogP contribution in [0.3, 0.4) is 0 Å². The SMILES string of the molecule is C=CCCC(c1ncccn1)N(C)c1nc2c(c(C#N)nn2C(C)c2ccc(C(F)(F)F)nc2)c(=O)[nH]1. The first kappa shape index (κ1) is 25.5. The number of rotatable bonds is 8. The van der Waals surface area contributed by atoms with Gasteiger partial charge in [-0.3, -0.25) is 14.8 Å². The normalized spacial score (nSPS) is 13.2. The average Bonchev–Trinajstić information content (AvgIpc) is 3.28. The van der Waals surface area contributed by atoms with E-state index in [0.29, 0.717) is 24.2 Å². The van der Waals surface area contributed by atoms with Crippen LogP contribution in [-0.4, -0.2) is 41.7 Å². The molecule has 4 aromatic heterocycles. The van der Waals surface area contributed by atoms with E-state index in [1.807, 2.05) is 6.07 Å². The number of nitrogens with zero attached hydrogens (tertiary/aromatic N) is 8. The summed E-state index contributed by atoms with van der Waals surface area (Å²) in [6.07, 6.45) is 2.74. The molecule has 0 fully saturated rings. The molecule has 2 atom stereocenters. The maximum absolute atomic E-state index is 13.1. The van der Waals surface area contributed by atoms with Gasteiger partial charge in [0.1, 0.15) is 17.1 Å². The van der Waals surface area contributed by atoms with Crippen LogP contribution in [0.1, 0.15) is 54.6 Å². The van der Waals surface area contributed by atoms with E-state index in [-0.39, 0.29) is 28.7 Å². The highest BCUT2D eigenvalue weighted by Crippen LogP contribution is 2.30. The Morgan fingerprint density at radius 2 is 2.00 bits per heavy atom. The molecule has 0 bridgehead atoms. The maximum Gasteiger partial charge on any atom is 0.433 e. The molecular formula is C24H22F3N9O. The third-order valence-electron chi connectivity index (χ3n) is 5.91. The lowest BCUT2D eigenvalue weighted by Crippen LogP contribution is -2.29. The first-order valence-electron chi connectivity index (χ1n) is 11.2. The van der Waals surface area contributed by atoms with Gasteiger partial charge in [0.25, 0.3) is 5.56 Å². The van der Waals surface area contributed by atoms with E-state index < -0.39 is 23.5 Å². The van der Waals surface area contributed by atoms with Crippen molar-refractivity contribution in [1.82, 2.24) is 34.7 Å². The minimum atomic E-state index is -4.58. The van der Waals surface area contributed by atoms with E-state index in [9.17, 15) is 23.2 Å². The number of nitriles is 1. The molecule has 0 aliphatic carbocycles. The number of H-pyrrole nitrogens is 1. The summed E-state index contributed by atoms with van der Waals surface area (Å²) in [6, 6.07) is 4.69. The Labute approximate surface area is 209 Å². The number of alkyl halides is 3. The number of aromatic nitrogens is 7. The zero-order valence-electron chi connectivity index (χ0n) is 19.9. The van der Waals surface area contributed by atoms with Crippen molar-refractivity contribution in [2.75, 3.05) is 11.9 Å². The van der Waals surface area contributed by atoms with E-state index in [0.717, 1.165) is 12.3 Å². The second kappa shape index (κ2) is 10.2. The van der Waals surface area contributed by atoms with Gasteiger partial charge in [0.15, 0.2) is 17.2 Å². The summed E-state index contributed by atoms with van der Waals surface area (Å²) in [5, 5.41) is 13.8. The number of pyridine rings is 1. The largest absolute Gasteiger partial charge is 0.433 e. The summed E-state index contributed by atoms with van der Waals surface area (Å²) in [4.78, 5) is 34.3. The molecule has 2 unspecified atom stereocenters. The van der Waals surface area contributed by atoms with Crippen LogP contribution in [0.4, 0.5) is 19.1 Å². The first-order chi connectivity index (χ1) is 17.7. The fourth-order valence-corrected chi connectivity index (χ4v) is 3.91. The van der Waals surface area contributed by atoms with Gasteiger partial charge in [-0.05, 0) is 37.5 Å². The fraction of sp³-hybridized carbons (Fsp3) is 0.292. The molecular weight excluding hydrogens is 487 g/mol. The number of nitrogens with one attached hydrogen (secondary N) is 1. The topological polar surface area (TPSA) is 129 Å². The Hall–Kier alpha value is -4.60. The molecule has 0 saturated carbocycles. The van der Waals surface area contributed by atoms with Crippen molar-refractivity contribution in [3.05, 3.63) is 82.6 Å². The lowest BCUT2D eigenvalue weighted by Gasteiger charge is -2.27. The van der Waals surface area contributed by atoms with Crippen LogP contribution in [-0.2, 0) is 6.18 Å². The van der Waals surface area contributed by atoms with E-state index in [2.05, 4.69) is 36.6 Å². The van der Waals surface area contributed by atoms with Crippen molar-refractivity contribution < 1.29 is 13.2 Å². The summed E-state index contributed by atoms with van der Waals surface area (Å²) >= 11 is 0. The van der Waals surface area contributed by atoms with Crippen LogP contribution < -0.4 is 10.5 Å². The third-order valence-corrected chi connectivity index (χ3v) is 5.91. The summed E-state index contributed by atoms with van der Waals surface area (Å²) in [5.41, 5.74) is -1.27. The number of hydrogen-bond donors (Lipinski definition) is 1. The average molecular weight is 509 g/mol. The standard InChI is InChI=1S/C24H22F3N9O/c1-4-5-7-17(20-29-10-6-11-30-20)35(3)23-32-21-19(22(37)33-23)16(12-28)34-36(21)14(2)15-8-9-18(31-13-15)24(25,26)27/h4,6,8-11,13-14,17H,1,5,7H2,2-3H3,(H,32,33,37). The smallest absolute Gasteiger partial charge is 0.335 e. The molecule has 0 spiro atoms. The van der Waals surface area contributed by atoms with E-state index in [1.54, 1.807) is 43.4 Å². The monoisotopic (exact) mass is 509 g/mol. The quantitative estimate of drug-likeness (QED) is 0.354. The predicted octanol–water partition coefficient (Wildman–Crippen LogP) is 3.95. The fourth-order valence-electron chi connectivity index (χ4n) is 3.91. The maximum atomic E-state index is 13.1. The minimum Gasteiger partial charge on any atom is -0.335 e. The highest BCUT2D eigenvalue weighted by Gasteiger charge is 2.32. The number of fused-ring (bicyclic) bond motifs is 1. The van der Waals surface area contributed by atoms with E-state index in [1.165, 1.54) is 10.7 Å². The molecule has 0 aliphatic rings. The molecule has 37 heavy (non-hydrogen) atoms. The molecule has 0 amide bonds. The molecule has 0 aromatic carbocycles. The van der Waals surface area contributed by atoms with E-state index >= 15 is 0 Å². The van der Waals surface area contributed by atoms with Crippen molar-refractivity contribution in [1.29, 1.82) is 5.26 Å². The Balaban J connectivity index is 1.80. The van der Waals surface area contributed by atoms with Crippen molar-refractivity contribution in [3.63, 3.8) is 0 Å². The van der Waals surface area contributed by atoms with Crippen molar-refractivity contribution in [2.24, 2.45) is 0 Å². The molecule has 190 valence electrons. The number of hydrogen-bond acceptors (Lipinski definition) is 8. The van der Waals surface area contributed by atoms with E-state index in [4.69, 9.17) is 0 Å². The second-order valence-corrected chi connectivity index (χ2v) is 8.24. The van der Waals surface area contributed by atoms with Crippen molar-refractivity contribution >= 4 is 17.0 Å². The number of anilines is 1. The molecule has 0 saturated heterocycles. The van der Waals surface area contributed by atoms with Crippen LogP contribution in [0, 0.1) is 11.3 Å². The van der Waals surface area contributed by atoms with Gasteiger partial charge in [0.05, 0.1) is 12.1 Å². The van der Waals surface area contributed by atoms with Gasteiger partial charge in [-0.2, -0.15) is 28.5 Å².